The van der Waals surface area contributed by atoms with Crippen LogP contribution in [0.25, 0.3) is 0 Å². The Bertz CT molecular complexity index is 838. The summed E-state index contributed by atoms with van der Waals surface area (Å²) in [6, 6.07) is -4.53. The zero-order valence-electron chi connectivity index (χ0n) is 20.2. The number of nitrogens with two attached hydrogens (primary N) is 1. The molecule has 12 nitrogen and oxygen atoms in total. The van der Waals surface area contributed by atoms with Crippen LogP contribution in [-0.4, -0.2) is 84.0 Å². The monoisotopic (exact) mass is 480 g/mol. The minimum atomic E-state index is -1.28. The number of hydrogen-bond donors (Lipinski definition) is 4. The Morgan fingerprint density at radius 1 is 1.09 bits per heavy atom. The number of ketones is 2. The fraction of sp³-hybridized carbons (Fsp3) is 0.682. The number of nitrogens with one attached hydrogen (secondary N) is 3. The third kappa shape index (κ3) is 6.05. The molecule has 5 N–H and O–H groups in total. The van der Waals surface area contributed by atoms with Gasteiger partial charge in [-0.1, -0.05) is 13.8 Å². The van der Waals surface area contributed by atoms with Crippen molar-refractivity contribution in [3.05, 3.63) is 6.04 Å². The van der Waals surface area contributed by atoms with Gasteiger partial charge in [-0.15, -0.1) is 0 Å². The highest BCUT2D eigenvalue weighted by Crippen LogP contribution is 2.28. The summed E-state index contributed by atoms with van der Waals surface area (Å²) in [7, 11) is 1.24. The van der Waals surface area contributed by atoms with Gasteiger partial charge in [0.05, 0.1) is 12.1 Å². The van der Waals surface area contributed by atoms with Crippen LogP contribution in [0, 0.1) is 12.0 Å². The molecule has 1 saturated carbocycles. The number of Topliss-reactive ketones (excluding diaryl/α,β-unsaturated/α-hetero) is 2. The molecule has 1 aliphatic heterocycles. The van der Waals surface area contributed by atoms with Crippen LogP contribution in [0.3, 0.4) is 0 Å². The Balaban J connectivity index is 2.39. The predicted molar refractivity (Wildman–Crippen MR) is 120 cm³/mol. The number of nitrogens with zero attached hydrogens (tertiary/aromatic N) is 1. The highest BCUT2D eigenvalue weighted by Gasteiger charge is 2.52. The average molecular weight is 481 g/mol. The Morgan fingerprint density at radius 2 is 1.74 bits per heavy atom. The van der Waals surface area contributed by atoms with Crippen LogP contribution < -0.4 is 21.7 Å². The lowest BCUT2D eigenvalue weighted by Crippen LogP contribution is -2.60. The summed E-state index contributed by atoms with van der Waals surface area (Å²) < 4.78 is 5.03. The van der Waals surface area contributed by atoms with Crippen LogP contribution >= 0.6 is 0 Å². The smallest absolute Gasteiger partial charge is 0.253 e. The molecule has 2 rings (SSSR count). The molecular formula is C22H34N5O7. The lowest BCUT2D eigenvalue weighted by molar-refractivity contribution is -0.153. The van der Waals surface area contributed by atoms with Crippen LogP contribution in [0.4, 0.5) is 0 Å². The molecule has 1 radical (unpaired) electrons. The maximum atomic E-state index is 13.6. The van der Waals surface area contributed by atoms with E-state index in [1.165, 1.54) is 21.0 Å². The van der Waals surface area contributed by atoms with E-state index in [1.54, 1.807) is 13.8 Å². The van der Waals surface area contributed by atoms with Crippen molar-refractivity contribution in [2.75, 3.05) is 13.7 Å². The highest BCUT2D eigenvalue weighted by molar-refractivity contribution is 6.28. The molecule has 0 aromatic carbocycles. The zero-order valence-corrected chi connectivity index (χ0v) is 20.2. The van der Waals surface area contributed by atoms with E-state index in [9.17, 15) is 28.8 Å². The second-order valence-electron chi connectivity index (χ2n) is 8.97. The number of carbonyl (C=O) groups is 6. The van der Waals surface area contributed by atoms with Crippen molar-refractivity contribution in [1.82, 2.24) is 20.9 Å². The molecule has 34 heavy (non-hydrogen) atoms. The van der Waals surface area contributed by atoms with E-state index in [2.05, 4.69) is 16.0 Å². The summed E-state index contributed by atoms with van der Waals surface area (Å²) in [5.74, 6) is -5.04. The SMILES string of the molecule is COC1CC(=O)[C](N(C(=O)[C@H](C)NC(=O)[C@H](C)N)C(=O)[C@@H](NC(=O)[C@@H]2CCCN2)C(C)C)C1=O. The summed E-state index contributed by atoms with van der Waals surface area (Å²) in [5.41, 5.74) is 5.54. The maximum absolute atomic E-state index is 13.6. The first-order valence-electron chi connectivity index (χ1n) is 11.3. The molecule has 1 heterocycles. The summed E-state index contributed by atoms with van der Waals surface area (Å²) in [6.07, 6.45) is -0.0570. The topological polar surface area (TPSA) is 177 Å². The van der Waals surface area contributed by atoms with Crippen molar-refractivity contribution < 1.29 is 33.5 Å². The second-order valence-corrected chi connectivity index (χ2v) is 8.97. The molecular weight excluding hydrogens is 446 g/mol. The van der Waals surface area contributed by atoms with Gasteiger partial charge in [0, 0.05) is 13.5 Å². The molecule has 0 aromatic heterocycles. The number of imide groups is 1. The standard InChI is InChI=1S/C22H34N5O7/c1-10(2)16(26-20(31)13-7-6-8-24-13)22(33)27(17-14(28)9-15(34-5)18(17)29)21(32)12(4)25-19(30)11(3)23/h10-13,15-16,24H,6-9,23H2,1-5H3,(H,25,30)(H,26,31)/t11-,12-,13-,15?,16-/m0/s1. The Labute approximate surface area is 198 Å². The Morgan fingerprint density at radius 3 is 2.21 bits per heavy atom. The third-order valence-electron chi connectivity index (χ3n) is 5.86. The zero-order chi connectivity index (χ0) is 25.7. The van der Waals surface area contributed by atoms with Gasteiger partial charge in [0.2, 0.25) is 17.9 Å². The van der Waals surface area contributed by atoms with Gasteiger partial charge in [0.1, 0.15) is 18.2 Å². The van der Waals surface area contributed by atoms with Crippen molar-refractivity contribution in [3.63, 3.8) is 0 Å². The third-order valence-corrected chi connectivity index (χ3v) is 5.86. The molecule has 2 fully saturated rings. The van der Waals surface area contributed by atoms with E-state index >= 15 is 0 Å². The lowest BCUT2D eigenvalue weighted by Gasteiger charge is -2.32. The number of amides is 4. The molecule has 189 valence electrons. The highest BCUT2D eigenvalue weighted by atomic mass is 16.5. The summed E-state index contributed by atoms with van der Waals surface area (Å²) in [6.45, 7) is 6.72. The average Bonchev–Trinajstić information content (AvgIpc) is 3.40. The van der Waals surface area contributed by atoms with E-state index in [-0.39, 0.29) is 6.42 Å². The molecule has 0 spiro atoms. The molecule has 4 amide bonds. The van der Waals surface area contributed by atoms with E-state index < -0.39 is 77.4 Å². The van der Waals surface area contributed by atoms with Gasteiger partial charge in [-0.25, -0.2) is 0 Å². The first kappa shape index (κ1) is 27.5. The minimum absolute atomic E-state index is 0.326. The number of carbonyl (C=O) groups excluding carboxylic acids is 6. The van der Waals surface area contributed by atoms with Gasteiger partial charge in [-0.3, -0.25) is 33.7 Å². The largest absolute Gasteiger partial charge is 0.373 e. The van der Waals surface area contributed by atoms with Crippen LogP contribution in [0.2, 0.25) is 0 Å². The van der Waals surface area contributed by atoms with Gasteiger partial charge in [0.15, 0.2) is 11.6 Å². The van der Waals surface area contributed by atoms with Gasteiger partial charge in [-0.2, -0.15) is 0 Å². The number of rotatable bonds is 9. The summed E-state index contributed by atoms with van der Waals surface area (Å²) in [5, 5.41) is 8.06. The molecule has 5 atom stereocenters. The van der Waals surface area contributed by atoms with E-state index in [0.29, 0.717) is 17.9 Å². The van der Waals surface area contributed by atoms with E-state index in [0.717, 1.165) is 6.42 Å². The number of hydrogen-bond acceptors (Lipinski definition) is 9. The molecule has 0 aromatic rings. The van der Waals surface area contributed by atoms with Crippen LogP contribution in [0.15, 0.2) is 0 Å². The predicted octanol–water partition coefficient (Wildman–Crippen LogP) is -1.82. The van der Waals surface area contributed by atoms with Gasteiger partial charge in [0.25, 0.3) is 11.8 Å². The molecule has 0 bridgehead atoms. The van der Waals surface area contributed by atoms with Crippen molar-refractivity contribution >= 4 is 35.2 Å². The van der Waals surface area contributed by atoms with Crippen LogP contribution in [-0.2, 0) is 33.5 Å². The van der Waals surface area contributed by atoms with Gasteiger partial charge >= 0.3 is 0 Å². The normalized spacial score (nSPS) is 23.5. The number of methoxy groups -OCH3 is 1. The first-order chi connectivity index (χ1) is 15.9. The lowest BCUT2D eigenvalue weighted by atomic mass is 9.99. The number of ether oxygens (including phenoxy) is 1. The Kier molecular flexibility index (Phi) is 9.42. The van der Waals surface area contributed by atoms with Crippen molar-refractivity contribution in [2.45, 2.75) is 77.2 Å². The van der Waals surface area contributed by atoms with E-state index in [4.69, 9.17) is 10.5 Å². The minimum Gasteiger partial charge on any atom is -0.373 e. The van der Waals surface area contributed by atoms with Crippen LogP contribution in [0.5, 0.6) is 0 Å². The molecule has 1 unspecified atom stereocenters. The van der Waals surface area contributed by atoms with E-state index in [1.807, 2.05) is 0 Å². The van der Waals surface area contributed by atoms with Crippen molar-refractivity contribution in [2.24, 2.45) is 11.7 Å². The summed E-state index contributed by atoms with van der Waals surface area (Å²) >= 11 is 0. The summed E-state index contributed by atoms with van der Waals surface area (Å²) in [4.78, 5) is 77.7. The second kappa shape index (κ2) is 11.6. The molecule has 12 heteroatoms. The maximum Gasteiger partial charge on any atom is 0.253 e. The Hall–Kier alpha value is -2.70. The molecule has 1 aliphatic carbocycles. The quantitative estimate of drug-likeness (QED) is 0.296. The fourth-order valence-electron chi connectivity index (χ4n) is 3.82. The van der Waals surface area contributed by atoms with Crippen molar-refractivity contribution in [1.29, 1.82) is 0 Å². The molecule has 1 saturated heterocycles. The van der Waals surface area contributed by atoms with Crippen LogP contribution in [0.1, 0.15) is 47.0 Å². The molecule has 2 aliphatic rings. The van der Waals surface area contributed by atoms with Gasteiger partial charge in [-0.05, 0) is 39.2 Å². The first-order valence-corrected chi connectivity index (χ1v) is 11.3. The van der Waals surface area contributed by atoms with Crippen molar-refractivity contribution in [3.8, 4) is 0 Å². The van der Waals surface area contributed by atoms with Gasteiger partial charge < -0.3 is 26.4 Å². The fourth-order valence-corrected chi connectivity index (χ4v) is 3.82.